The second kappa shape index (κ2) is 9.33. The maximum absolute atomic E-state index is 12.9. The smallest absolute Gasteiger partial charge is 0.244 e. The number of hydrogen-bond acceptors (Lipinski definition) is 3. The molecule has 0 bridgehead atoms. The first-order valence-corrected chi connectivity index (χ1v) is 11.1. The van der Waals surface area contributed by atoms with E-state index < -0.39 is 0 Å². The van der Waals surface area contributed by atoms with Crippen LogP contribution in [0.4, 0.5) is 11.4 Å². The van der Waals surface area contributed by atoms with E-state index >= 15 is 0 Å². The monoisotopic (exact) mass is 405 g/mol. The van der Waals surface area contributed by atoms with Crippen LogP contribution in [0.2, 0.25) is 0 Å². The van der Waals surface area contributed by atoms with Gasteiger partial charge in [-0.15, -0.1) is 0 Å². The summed E-state index contributed by atoms with van der Waals surface area (Å²) >= 11 is 0. The molecule has 2 aromatic carbocycles. The van der Waals surface area contributed by atoms with Crippen molar-refractivity contribution >= 4 is 23.2 Å². The fraction of sp³-hybridized carbons (Fsp3) is 0.440. The summed E-state index contributed by atoms with van der Waals surface area (Å²) in [6.45, 7) is 3.57. The molecule has 5 heteroatoms. The highest BCUT2D eigenvalue weighted by atomic mass is 16.2. The zero-order valence-electron chi connectivity index (χ0n) is 17.6. The van der Waals surface area contributed by atoms with Gasteiger partial charge >= 0.3 is 0 Å². The third-order valence-corrected chi connectivity index (χ3v) is 6.15. The van der Waals surface area contributed by atoms with Crippen molar-refractivity contribution in [1.82, 2.24) is 4.90 Å². The van der Waals surface area contributed by atoms with Crippen LogP contribution in [0.25, 0.3) is 0 Å². The molecule has 2 amide bonds. The van der Waals surface area contributed by atoms with Gasteiger partial charge in [0.15, 0.2) is 0 Å². The number of nitrogens with zero attached hydrogens (tertiary/aromatic N) is 1. The van der Waals surface area contributed by atoms with Crippen molar-refractivity contribution in [3.05, 3.63) is 60.2 Å². The van der Waals surface area contributed by atoms with Gasteiger partial charge in [-0.25, -0.2) is 0 Å². The lowest BCUT2D eigenvalue weighted by molar-refractivity contribution is -0.133. The van der Waals surface area contributed by atoms with E-state index in [1.807, 2.05) is 36.1 Å². The van der Waals surface area contributed by atoms with Crippen molar-refractivity contribution in [2.24, 2.45) is 11.8 Å². The van der Waals surface area contributed by atoms with Crippen LogP contribution in [0.5, 0.6) is 0 Å². The van der Waals surface area contributed by atoms with Gasteiger partial charge in [0.25, 0.3) is 0 Å². The van der Waals surface area contributed by atoms with Gasteiger partial charge in [0.1, 0.15) is 6.04 Å². The number of likely N-dealkylation sites (tertiary alicyclic amines) is 1. The van der Waals surface area contributed by atoms with E-state index in [0.717, 1.165) is 56.6 Å². The van der Waals surface area contributed by atoms with E-state index in [2.05, 4.69) is 41.0 Å². The Bertz CT molecular complexity index is 854. The Kier molecular flexibility index (Phi) is 6.36. The molecule has 4 rings (SSSR count). The van der Waals surface area contributed by atoms with Crippen molar-refractivity contribution in [3.8, 4) is 0 Å². The van der Waals surface area contributed by atoms with Gasteiger partial charge in [0, 0.05) is 30.4 Å². The first-order chi connectivity index (χ1) is 14.6. The first-order valence-electron chi connectivity index (χ1n) is 11.1. The number of carbonyl (C=O) groups excluding carboxylic acids is 2. The zero-order chi connectivity index (χ0) is 20.9. The summed E-state index contributed by atoms with van der Waals surface area (Å²) in [4.78, 5) is 26.7. The molecule has 2 aromatic rings. The van der Waals surface area contributed by atoms with Crippen molar-refractivity contribution in [2.75, 3.05) is 23.7 Å². The van der Waals surface area contributed by atoms with Crippen LogP contribution in [-0.4, -0.2) is 35.8 Å². The summed E-state index contributed by atoms with van der Waals surface area (Å²) in [5.41, 5.74) is 3.07. The number of piperidine rings is 1. The number of benzene rings is 2. The van der Waals surface area contributed by atoms with Crippen LogP contribution < -0.4 is 10.6 Å². The highest BCUT2D eigenvalue weighted by molar-refractivity contribution is 5.94. The predicted molar refractivity (Wildman–Crippen MR) is 120 cm³/mol. The molecule has 1 aliphatic carbocycles. The van der Waals surface area contributed by atoms with Crippen LogP contribution in [0.3, 0.4) is 0 Å². The Labute approximate surface area is 178 Å². The number of carbonyl (C=O) groups is 2. The molecule has 1 atom stereocenters. The molecular weight excluding hydrogens is 374 g/mol. The molecule has 5 nitrogen and oxygen atoms in total. The molecule has 1 heterocycles. The second-order valence-corrected chi connectivity index (χ2v) is 8.67. The van der Waals surface area contributed by atoms with E-state index in [9.17, 15) is 9.59 Å². The van der Waals surface area contributed by atoms with E-state index in [1.54, 1.807) is 0 Å². The maximum atomic E-state index is 12.9. The number of rotatable bonds is 7. The summed E-state index contributed by atoms with van der Waals surface area (Å²) in [7, 11) is 0. The van der Waals surface area contributed by atoms with E-state index in [-0.39, 0.29) is 23.8 Å². The van der Waals surface area contributed by atoms with Crippen LogP contribution >= 0.6 is 0 Å². The van der Waals surface area contributed by atoms with Gasteiger partial charge < -0.3 is 15.5 Å². The molecule has 1 saturated heterocycles. The van der Waals surface area contributed by atoms with Gasteiger partial charge in [0.2, 0.25) is 11.8 Å². The summed E-state index contributed by atoms with van der Waals surface area (Å²) in [6, 6.07) is 17.9. The van der Waals surface area contributed by atoms with E-state index in [4.69, 9.17) is 0 Å². The molecule has 1 unspecified atom stereocenters. The molecule has 158 valence electrons. The molecule has 1 aliphatic heterocycles. The van der Waals surface area contributed by atoms with Crippen LogP contribution in [0.1, 0.15) is 38.2 Å². The Balaban J connectivity index is 1.23. The average molecular weight is 406 g/mol. The molecule has 0 aromatic heterocycles. The molecule has 2 fully saturated rings. The molecular formula is C25H31N3O2. The molecule has 0 radical (unpaired) electrons. The summed E-state index contributed by atoms with van der Waals surface area (Å²) < 4.78 is 0. The summed E-state index contributed by atoms with van der Waals surface area (Å²) in [6.07, 6.45) is 5.20. The second-order valence-electron chi connectivity index (χ2n) is 8.67. The summed E-state index contributed by atoms with van der Waals surface area (Å²) in [5, 5.41) is 6.24. The molecule has 2 aliphatic rings. The minimum atomic E-state index is -0.275. The lowest BCUT2D eigenvalue weighted by atomic mass is 9.90. The number of nitrogens with one attached hydrogen (secondary N) is 2. The number of hydrogen-bond donors (Lipinski definition) is 2. The van der Waals surface area contributed by atoms with E-state index in [1.165, 1.54) is 5.56 Å². The van der Waals surface area contributed by atoms with Crippen LogP contribution in [0.15, 0.2) is 54.6 Å². The van der Waals surface area contributed by atoms with Crippen molar-refractivity contribution < 1.29 is 9.59 Å². The van der Waals surface area contributed by atoms with Crippen molar-refractivity contribution in [1.29, 1.82) is 0 Å². The Hall–Kier alpha value is -2.82. The number of amides is 2. The van der Waals surface area contributed by atoms with Gasteiger partial charge in [-0.05, 0) is 74.8 Å². The Morgan fingerprint density at radius 3 is 2.20 bits per heavy atom. The lowest BCUT2D eigenvalue weighted by Crippen LogP contribution is -2.45. The normalized spacial score (nSPS) is 18.0. The number of anilines is 2. The third-order valence-electron chi connectivity index (χ3n) is 6.15. The maximum Gasteiger partial charge on any atom is 0.244 e. The minimum Gasteiger partial charge on any atom is -0.374 e. The molecule has 30 heavy (non-hydrogen) atoms. The first kappa shape index (κ1) is 20.5. The highest BCUT2D eigenvalue weighted by Gasteiger charge is 2.29. The van der Waals surface area contributed by atoms with Gasteiger partial charge in [-0.1, -0.05) is 30.3 Å². The van der Waals surface area contributed by atoms with Crippen molar-refractivity contribution in [2.45, 2.75) is 45.1 Å². The quantitative estimate of drug-likeness (QED) is 0.721. The summed E-state index contributed by atoms with van der Waals surface area (Å²) in [5.74, 6) is 1.10. The minimum absolute atomic E-state index is 0.106. The molecule has 1 saturated carbocycles. The lowest BCUT2D eigenvalue weighted by Gasteiger charge is -2.34. The molecule has 0 spiro atoms. The van der Waals surface area contributed by atoms with Crippen LogP contribution in [0, 0.1) is 11.8 Å². The van der Waals surface area contributed by atoms with Gasteiger partial charge in [-0.2, -0.15) is 0 Å². The highest BCUT2D eigenvalue weighted by Crippen LogP contribution is 2.30. The largest absolute Gasteiger partial charge is 0.374 e. The third kappa shape index (κ3) is 5.41. The van der Waals surface area contributed by atoms with Crippen molar-refractivity contribution in [3.63, 3.8) is 0 Å². The average Bonchev–Trinajstić information content (AvgIpc) is 3.61. The van der Waals surface area contributed by atoms with Crippen LogP contribution in [-0.2, 0) is 16.0 Å². The SMILES string of the molecule is CC(Nc1ccc(NC(=O)C2CC2)cc1)C(=O)N1CCC(Cc2ccccc2)CC1. The zero-order valence-corrected chi connectivity index (χ0v) is 17.6. The van der Waals surface area contributed by atoms with Gasteiger partial charge in [-0.3, -0.25) is 9.59 Å². The van der Waals surface area contributed by atoms with Gasteiger partial charge in [0.05, 0.1) is 0 Å². The Morgan fingerprint density at radius 2 is 1.57 bits per heavy atom. The topological polar surface area (TPSA) is 61.4 Å². The fourth-order valence-corrected chi connectivity index (χ4v) is 4.13. The standard InChI is InChI=1S/C25H31N3O2/c1-18(26-22-9-11-23(12-10-22)27-24(29)21-7-8-21)25(30)28-15-13-20(14-16-28)17-19-5-3-2-4-6-19/h2-6,9-12,18,20-21,26H,7-8,13-17H2,1H3,(H,27,29). The predicted octanol–water partition coefficient (Wildman–Crippen LogP) is 4.32. The Morgan fingerprint density at radius 1 is 0.933 bits per heavy atom. The van der Waals surface area contributed by atoms with E-state index in [0.29, 0.717) is 5.92 Å². The fourth-order valence-electron chi connectivity index (χ4n) is 4.13. The molecule has 2 N–H and O–H groups in total.